The molecule has 132 valence electrons. The molecular formula is C18H32N2O3. The molecule has 2 rings (SSSR count). The summed E-state index contributed by atoms with van der Waals surface area (Å²) in [6.07, 6.45) is 8.14. The molecule has 2 aliphatic rings. The Hall–Kier alpha value is -1.10. The Bertz CT molecular complexity index is 405. The summed E-state index contributed by atoms with van der Waals surface area (Å²) in [7, 11) is 1.47. The summed E-state index contributed by atoms with van der Waals surface area (Å²) in [5, 5.41) is 5.81. The predicted octanol–water partition coefficient (Wildman–Crippen LogP) is 2.11. The lowest BCUT2D eigenvalue weighted by Gasteiger charge is -2.23. The van der Waals surface area contributed by atoms with E-state index in [1.165, 1.54) is 45.6 Å². The fourth-order valence-electron chi connectivity index (χ4n) is 3.87. The fourth-order valence-corrected chi connectivity index (χ4v) is 3.87. The van der Waals surface area contributed by atoms with Crippen LogP contribution in [0.5, 0.6) is 0 Å². The van der Waals surface area contributed by atoms with Crippen LogP contribution in [-0.2, 0) is 14.3 Å². The van der Waals surface area contributed by atoms with Crippen molar-refractivity contribution in [2.75, 3.05) is 20.3 Å². The van der Waals surface area contributed by atoms with Gasteiger partial charge in [0.2, 0.25) is 11.8 Å². The first kappa shape index (κ1) is 18.2. The van der Waals surface area contributed by atoms with Gasteiger partial charge in [0.15, 0.2) is 0 Å². The molecule has 0 heterocycles. The zero-order chi connectivity index (χ0) is 16.8. The lowest BCUT2D eigenvalue weighted by Crippen LogP contribution is -2.51. The number of nitrogens with one attached hydrogen (secondary N) is 2. The summed E-state index contributed by atoms with van der Waals surface area (Å²) >= 11 is 0. The van der Waals surface area contributed by atoms with Gasteiger partial charge in [0.25, 0.3) is 0 Å². The maximum atomic E-state index is 12.4. The molecule has 5 nitrogen and oxygen atoms in total. The van der Waals surface area contributed by atoms with Crippen LogP contribution in [0.4, 0.5) is 0 Å². The highest BCUT2D eigenvalue weighted by molar-refractivity contribution is 5.88. The highest BCUT2D eigenvalue weighted by Gasteiger charge is 2.42. The molecule has 0 bridgehead atoms. The number of hydrogen-bond acceptors (Lipinski definition) is 3. The van der Waals surface area contributed by atoms with Crippen molar-refractivity contribution in [1.29, 1.82) is 0 Å². The maximum Gasteiger partial charge on any atom is 0.246 e. The van der Waals surface area contributed by atoms with Gasteiger partial charge < -0.3 is 15.4 Å². The normalized spacial score (nSPS) is 25.9. The molecule has 0 radical (unpaired) electrons. The van der Waals surface area contributed by atoms with Gasteiger partial charge in [-0.15, -0.1) is 0 Å². The molecule has 5 heteroatoms. The molecule has 0 aromatic rings. The largest absolute Gasteiger partial charge is 0.375 e. The molecule has 0 aromatic heterocycles. The summed E-state index contributed by atoms with van der Waals surface area (Å²) in [6, 6.07) is -0.482. The van der Waals surface area contributed by atoms with Crippen molar-refractivity contribution >= 4 is 11.8 Å². The number of carbonyl (C=O) groups is 2. The van der Waals surface area contributed by atoms with Crippen molar-refractivity contribution in [3.8, 4) is 0 Å². The Labute approximate surface area is 139 Å². The van der Waals surface area contributed by atoms with E-state index in [1.807, 2.05) is 13.8 Å². The van der Waals surface area contributed by atoms with Crippen molar-refractivity contribution in [1.82, 2.24) is 10.6 Å². The molecule has 2 amide bonds. The predicted molar refractivity (Wildman–Crippen MR) is 89.8 cm³/mol. The third kappa shape index (κ3) is 5.48. The molecule has 2 saturated carbocycles. The van der Waals surface area contributed by atoms with Crippen LogP contribution in [0, 0.1) is 23.7 Å². The molecule has 23 heavy (non-hydrogen) atoms. The van der Waals surface area contributed by atoms with Gasteiger partial charge in [-0.25, -0.2) is 0 Å². The van der Waals surface area contributed by atoms with Gasteiger partial charge in [-0.1, -0.05) is 46.0 Å². The molecule has 0 aliphatic heterocycles. The molecule has 2 fully saturated rings. The van der Waals surface area contributed by atoms with E-state index in [-0.39, 0.29) is 24.3 Å². The molecule has 0 spiro atoms. The minimum absolute atomic E-state index is 0.0110. The second kappa shape index (κ2) is 8.67. The Morgan fingerprint density at radius 1 is 1.17 bits per heavy atom. The number of methoxy groups -OCH3 is 1. The summed E-state index contributed by atoms with van der Waals surface area (Å²) in [5.41, 5.74) is 0. The topological polar surface area (TPSA) is 67.4 Å². The van der Waals surface area contributed by atoms with Crippen molar-refractivity contribution in [3.05, 3.63) is 0 Å². The van der Waals surface area contributed by atoms with E-state index in [0.717, 1.165) is 18.4 Å². The number of rotatable bonds is 8. The Morgan fingerprint density at radius 2 is 1.87 bits per heavy atom. The average molecular weight is 324 g/mol. The first-order valence-corrected chi connectivity index (χ1v) is 9.09. The van der Waals surface area contributed by atoms with E-state index in [2.05, 4.69) is 10.6 Å². The number of ether oxygens (including phenoxy) is 1. The van der Waals surface area contributed by atoms with Crippen molar-refractivity contribution in [2.24, 2.45) is 23.7 Å². The minimum atomic E-state index is -0.482. The molecule has 3 atom stereocenters. The average Bonchev–Trinajstić information content (AvgIpc) is 3.31. The molecule has 0 aromatic carbocycles. The van der Waals surface area contributed by atoms with Crippen LogP contribution in [0.25, 0.3) is 0 Å². The monoisotopic (exact) mass is 324 g/mol. The number of carbonyl (C=O) groups excluding carboxylic acids is 2. The van der Waals surface area contributed by atoms with E-state index in [0.29, 0.717) is 5.92 Å². The highest BCUT2D eigenvalue weighted by atomic mass is 16.5. The van der Waals surface area contributed by atoms with Crippen LogP contribution in [-0.4, -0.2) is 38.1 Å². The molecule has 2 N–H and O–H groups in total. The Kier molecular flexibility index (Phi) is 6.88. The van der Waals surface area contributed by atoms with Crippen LogP contribution in [0.2, 0.25) is 0 Å². The molecular weight excluding hydrogens is 292 g/mol. The molecule has 0 saturated heterocycles. The lowest BCUT2D eigenvalue weighted by atomic mass is 9.85. The first-order valence-electron chi connectivity index (χ1n) is 9.09. The van der Waals surface area contributed by atoms with E-state index in [9.17, 15) is 9.59 Å². The summed E-state index contributed by atoms with van der Waals surface area (Å²) in [6.45, 7) is 4.63. The maximum absolute atomic E-state index is 12.4. The Morgan fingerprint density at radius 3 is 2.48 bits per heavy atom. The third-order valence-corrected chi connectivity index (χ3v) is 5.31. The van der Waals surface area contributed by atoms with Gasteiger partial charge in [-0.05, 0) is 30.1 Å². The quantitative estimate of drug-likeness (QED) is 0.718. The van der Waals surface area contributed by atoms with Crippen LogP contribution in [0.15, 0.2) is 0 Å². The zero-order valence-corrected chi connectivity index (χ0v) is 14.8. The minimum Gasteiger partial charge on any atom is -0.375 e. The van der Waals surface area contributed by atoms with Gasteiger partial charge in [-0.2, -0.15) is 0 Å². The van der Waals surface area contributed by atoms with Gasteiger partial charge in [0.05, 0.1) is 0 Å². The van der Waals surface area contributed by atoms with Crippen LogP contribution in [0.3, 0.4) is 0 Å². The van der Waals surface area contributed by atoms with Crippen molar-refractivity contribution in [3.63, 3.8) is 0 Å². The van der Waals surface area contributed by atoms with Crippen molar-refractivity contribution < 1.29 is 14.3 Å². The second-order valence-corrected chi connectivity index (χ2v) is 7.53. The SMILES string of the molecule is COCC(=O)N[C@H](C(=O)NC[C@@H]1C[C@H]1C1CCCCC1)C(C)C. The summed E-state index contributed by atoms with van der Waals surface area (Å²) < 4.78 is 4.81. The van der Waals surface area contributed by atoms with Gasteiger partial charge in [0, 0.05) is 13.7 Å². The Balaban J connectivity index is 1.73. The van der Waals surface area contributed by atoms with E-state index in [1.54, 1.807) is 0 Å². The number of amides is 2. The smallest absolute Gasteiger partial charge is 0.246 e. The van der Waals surface area contributed by atoms with Gasteiger partial charge >= 0.3 is 0 Å². The second-order valence-electron chi connectivity index (χ2n) is 7.53. The van der Waals surface area contributed by atoms with Crippen LogP contribution < -0.4 is 10.6 Å². The van der Waals surface area contributed by atoms with Crippen molar-refractivity contribution in [2.45, 2.75) is 58.4 Å². The summed E-state index contributed by atoms with van der Waals surface area (Å²) in [4.78, 5) is 24.0. The van der Waals surface area contributed by atoms with Crippen LogP contribution >= 0.6 is 0 Å². The first-order chi connectivity index (χ1) is 11.0. The highest BCUT2D eigenvalue weighted by Crippen LogP contribution is 2.48. The zero-order valence-electron chi connectivity index (χ0n) is 14.8. The molecule has 0 unspecified atom stereocenters. The summed E-state index contributed by atoms with van der Waals surface area (Å²) in [5.74, 6) is 2.09. The standard InChI is InChI=1S/C18H32N2O3/c1-12(2)17(20-16(21)11-23-3)18(22)19-10-14-9-15(14)13-7-5-4-6-8-13/h12-15,17H,4-11H2,1-3H3,(H,19,22)(H,20,21)/t14-,15-,17-/m0/s1. The van der Waals surface area contributed by atoms with E-state index >= 15 is 0 Å². The van der Waals surface area contributed by atoms with E-state index in [4.69, 9.17) is 4.74 Å². The fraction of sp³-hybridized carbons (Fsp3) is 0.889. The molecule has 2 aliphatic carbocycles. The number of hydrogen-bond donors (Lipinski definition) is 2. The lowest BCUT2D eigenvalue weighted by molar-refractivity contribution is -0.132. The third-order valence-electron chi connectivity index (χ3n) is 5.31. The van der Waals surface area contributed by atoms with Crippen LogP contribution in [0.1, 0.15) is 52.4 Å². The van der Waals surface area contributed by atoms with Gasteiger partial charge in [-0.3, -0.25) is 9.59 Å². The van der Waals surface area contributed by atoms with Gasteiger partial charge in [0.1, 0.15) is 12.6 Å². The van der Waals surface area contributed by atoms with E-state index < -0.39 is 6.04 Å².